The number of hydrogen-bond donors (Lipinski definition) is 0. The molecular formula is C17H31FO2. The van der Waals surface area contributed by atoms with E-state index in [1.165, 1.54) is 0 Å². The highest BCUT2D eigenvalue weighted by Crippen LogP contribution is 2.37. The van der Waals surface area contributed by atoms with Crippen LogP contribution in [0.4, 0.5) is 4.39 Å². The van der Waals surface area contributed by atoms with Crippen LogP contribution in [0, 0.1) is 17.8 Å². The maximum Gasteiger partial charge on any atom is 0.163 e. The fourth-order valence-electron chi connectivity index (χ4n) is 2.55. The molecule has 0 aromatic rings. The topological polar surface area (TPSA) is 18.5 Å². The number of allylic oxidation sites excluding steroid dienone is 1. The predicted octanol–water partition coefficient (Wildman–Crippen LogP) is 5.09. The number of rotatable bonds is 6. The van der Waals surface area contributed by atoms with Gasteiger partial charge >= 0.3 is 0 Å². The van der Waals surface area contributed by atoms with E-state index in [1.807, 2.05) is 20.8 Å². The first-order valence-corrected chi connectivity index (χ1v) is 7.90. The first kappa shape index (κ1) is 17.6. The molecule has 20 heavy (non-hydrogen) atoms. The van der Waals surface area contributed by atoms with Crippen molar-refractivity contribution in [3.63, 3.8) is 0 Å². The largest absolute Gasteiger partial charge is 0.345 e. The molecule has 1 saturated heterocycles. The Kier molecular flexibility index (Phi) is 6.21. The van der Waals surface area contributed by atoms with Gasteiger partial charge in [0, 0.05) is 5.92 Å². The molecule has 1 fully saturated rings. The zero-order valence-electron chi connectivity index (χ0n) is 14.1. The molecule has 2 nitrogen and oxygen atoms in total. The molecule has 1 heterocycles. The summed E-state index contributed by atoms with van der Waals surface area (Å²) >= 11 is 0. The Balaban J connectivity index is 2.80. The monoisotopic (exact) mass is 286 g/mol. The molecule has 1 aliphatic heterocycles. The van der Waals surface area contributed by atoms with Gasteiger partial charge in [0.2, 0.25) is 0 Å². The van der Waals surface area contributed by atoms with Crippen LogP contribution in [0.15, 0.2) is 11.9 Å². The quantitative estimate of drug-likeness (QED) is 0.677. The van der Waals surface area contributed by atoms with Gasteiger partial charge in [-0.25, -0.2) is 4.39 Å². The summed E-state index contributed by atoms with van der Waals surface area (Å²) in [5.41, 5.74) is 0. The highest BCUT2D eigenvalue weighted by Gasteiger charge is 2.44. The SMILES string of the molecule is CCC[C@@H]1OC(C)(C)O[C@@H]1C(C)/C(F)=C\[C@@H](C)C(C)C. The summed E-state index contributed by atoms with van der Waals surface area (Å²) in [7, 11) is 0. The van der Waals surface area contributed by atoms with Gasteiger partial charge in [-0.3, -0.25) is 0 Å². The number of hydrogen-bond acceptors (Lipinski definition) is 2. The van der Waals surface area contributed by atoms with E-state index in [2.05, 4.69) is 27.7 Å². The van der Waals surface area contributed by atoms with E-state index >= 15 is 0 Å². The van der Waals surface area contributed by atoms with E-state index < -0.39 is 5.79 Å². The second-order valence-corrected chi connectivity index (χ2v) is 6.87. The molecule has 118 valence electrons. The van der Waals surface area contributed by atoms with Crippen LogP contribution in [0.25, 0.3) is 0 Å². The van der Waals surface area contributed by atoms with Gasteiger partial charge in [-0.1, -0.05) is 41.0 Å². The van der Waals surface area contributed by atoms with Crippen molar-refractivity contribution < 1.29 is 13.9 Å². The smallest absolute Gasteiger partial charge is 0.163 e. The minimum Gasteiger partial charge on any atom is -0.345 e. The van der Waals surface area contributed by atoms with Gasteiger partial charge in [0.1, 0.15) is 5.83 Å². The maximum atomic E-state index is 14.5. The molecule has 1 aliphatic rings. The van der Waals surface area contributed by atoms with E-state index in [-0.39, 0.29) is 29.9 Å². The maximum absolute atomic E-state index is 14.5. The van der Waals surface area contributed by atoms with Crippen molar-refractivity contribution in [1.82, 2.24) is 0 Å². The average Bonchev–Trinajstić information content (AvgIpc) is 2.63. The second-order valence-electron chi connectivity index (χ2n) is 6.87. The van der Waals surface area contributed by atoms with Crippen molar-refractivity contribution in [3.8, 4) is 0 Å². The molecule has 0 aromatic carbocycles. The lowest BCUT2D eigenvalue weighted by Gasteiger charge is -2.23. The molecule has 0 saturated carbocycles. The third kappa shape index (κ3) is 4.56. The fourth-order valence-corrected chi connectivity index (χ4v) is 2.55. The lowest BCUT2D eigenvalue weighted by molar-refractivity contribution is -0.149. The molecule has 3 heteroatoms. The minimum atomic E-state index is -0.608. The fraction of sp³-hybridized carbons (Fsp3) is 0.882. The Morgan fingerprint density at radius 3 is 2.30 bits per heavy atom. The standard InChI is InChI=1S/C17H31FO2/c1-8-9-15-16(20-17(6,7)19-15)13(5)14(18)10-12(4)11(2)3/h10-13,15-16H,8-9H2,1-7H3/b14-10+/t12-,13?,15+,16-/m1/s1. The summed E-state index contributed by atoms with van der Waals surface area (Å²) < 4.78 is 26.3. The molecule has 0 radical (unpaired) electrons. The summed E-state index contributed by atoms with van der Waals surface area (Å²) in [6.45, 7) is 14.1. The second kappa shape index (κ2) is 7.04. The Morgan fingerprint density at radius 2 is 1.80 bits per heavy atom. The van der Waals surface area contributed by atoms with Gasteiger partial charge in [-0.05, 0) is 38.2 Å². The van der Waals surface area contributed by atoms with Gasteiger partial charge in [-0.15, -0.1) is 0 Å². The van der Waals surface area contributed by atoms with Crippen molar-refractivity contribution in [2.45, 2.75) is 79.3 Å². The molecule has 0 aliphatic carbocycles. The zero-order valence-corrected chi connectivity index (χ0v) is 14.1. The zero-order chi connectivity index (χ0) is 15.5. The summed E-state index contributed by atoms with van der Waals surface area (Å²) in [4.78, 5) is 0. The number of ether oxygens (including phenoxy) is 2. The van der Waals surface area contributed by atoms with Gasteiger partial charge in [0.25, 0.3) is 0 Å². The van der Waals surface area contributed by atoms with Crippen molar-refractivity contribution in [2.75, 3.05) is 0 Å². The molecule has 1 unspecified atom stereocenters. The van der Waals surface area contributed by atoms with E-state index in [0.29, 0.717) is 5.92 Å². The molecule has 0 bridgehead atoms. The molecule has 1 rings (SSSR count). The van der Waals surface area contributed by atoms with Gasteiger partial charge in [0.15, 0.2) is 5.79 Å². The van der Waals surface area contributed by atoms with E-state index in [1.54, 1.807) is 6.08 Å². The van der Waals surface area contributed by atoms with E-state index in [9.17, 15) is 4.39 Å². The van der Waals surface area contributed by atoms with Crippen LogP contribution in [0.3, 0.4) is 0 Å². The van der Waals surface area contributed by atoms with Crippen LogP contribution in [-0.2, 0) is 9.47 Å². The van der Waals surface area contributed by atoms with Crippen molar-refractivity contribution in [3.05, 3.63) is 11.9 Å². The minimum absolute atomic E-state index is 0.0153. The molecule has 0 N–H and O–H groups in total. The van der Waals surface area contributed by atoms with E-state index in [0.717, 1.165) is 12.8 Å². The Labute approximate surface area is 123 Å². The molecular weight excluding hydrogens is 255 g/mol. The van der Waals surface area contributed by atoms with Crippen LogP contribution in [0.5, 0.6) is 0 Å². The number of halogens is 1. The van der Waals surface area contributed by atoms with Gasteiger partial charge < -0.3 is 9.47 Å². The third-order valence-corrected chi connectivity index (χ3v) is 4.20. The average molecular weight is 286 g/mol. The predicted molar refractivity (Wildman–Crippen MR) is 81.1 cm³/mol. The Hall–Kier alpha value is -0.410. The summed E-state index contributed by atoms with van der Waals surface area (Å²) in [5.74, 6) is -0.259. The summed E-state index contributed by atoms with van der Waals surface area (Å²) in [6, 6.07) is 0. The van der Waals surface area contributed by atoms with Crippen LogP contribution in [-0.4, -0.2) is 18.0 Å². The summed E-state index contributed by atoms with van der Waals surface area (Å²) in [5, 5.41) is 0. The lowest BCUT2D eigenvalue weighted by Crippen LogP contribution is -2.30. The van der Waals surface area contributed by atoms with Crippen molar-refractivity contribution >= 4 is 0 Å². The Morgan fingerprint density at radius 1 is 1.20 bits per heavy atom. The molecule has 4 atom stereocenters. The normalized spacial score (nSPS) is 29.8. The highest BCUT2D eigenvalue weighted by molar-refractivity contribution is 5.04. The van der Waals surface area contributed by atoms with Crippen LogP contribution in [0.2, 0.25) is 0 Å². The van der Waals surface area contributed by atoms with Crippen LogP contribution < -0.4 is 0 Å². The van der Waals surface area contributed by atoms with Crippen LogP contribution >= 0.6 is 0 Å². The first-order valence-electron chi connectivity index (χ1n) is 7.90. The lowest BCUT2D eigenvalue weighted by atomic mass is 9.91. The molecule has 0 amide bonds. The molecule has 0 aromatic heterocycles. The first-order chi connectivity index (χ1) is 9.18. The molecule has 0 spiro atoms. The van der Waals surface area contributed by atoms with Gasteiger partial charge in [-0.2, -0.15) is 0 Å². The third-order valence-electron chi connectivity index (χ3n) is 4.20. The van der Waals surface area contributed by atoms with Crippen LogP contribution in [0.1, 0.15) is 61.3 Å². The van der Waals surface area contributed by atoms with Crippen molar-refractivity contribution in [1.29, 1.82) is 0 Å². The Bertz CT molecular complexity index is 336. The highest BCUT2D eigenvalue weighted by atomic mass is 19.1. The van der Waals surface area contributed by atoms with Crippen molar-refractivity contribution in [2.24, 2.45) is 17.8 Å². The summed E-state index contributed by atoms with van der Waals surface area (Å²) in [6.07, 6.45) is 3.46. The van der Waals surface area contributed by atoms with Gasteiger partial charge in [0.05, 0.1) is 12.2 Å². The van der Waals surface area contributed by atoms with E-state index in [4.69, 9.17) is 9.47 Å².